The van der Waals surface area contributed by atoms with Crippen LogP contribution in [0.4, 0.5) is 5.82 Å². The number of allylic oxidation sites excluding steroid dienone is 1. The molecule has 2 N–H and O–H groups in total. The van der Waals surface area contributed by atoms with Crippen LogP contribution in [0.5, 0.6) is 11.5 Å². The van der Waals surface area contributed by atoms with Gasteiger partial charge in [-0.25, -0.2) is 14.6 Å². The maximum absolute atomic E-state index is 12.9. The minimum absolute atomic E-state index is 0.134. The van der Waals surface area contributed by atoms with E-state index in [-0.39, 0.29) is 17.4 Å². The maximum atomic E-state index is 12.9. The second kappa shape index (κ2) is 11.9. The number of carbonyl (C=O) groups is 1. The number of hydrogen-bond acceptors (Lipinski definition) is 7. The fraction of sp³-hybridized carbons (Fsp3) is 0.424. The lowest BCUT2D eigenvalue weighted by Gasteiger charge is -2.45. The van der Waals surface area contributed by atoms with Crippen molar-refractivity contribution in [3.8, 4) is 22.9 Å². The molecule has 6 rings (SSSR count). The number of carbonyl (C=O) groups excluding carboxylic acids is 1. The number of hydrogen-bond donors (Lipinski definition) is 1. The Morgan fingerprint density at radius 3 is 2.71 bits per heavy atom. The third kappa shape index (κ3) is 5.73. The number of pyridine rings is 1. The van der Waals surface area contributed by atoms with Gasteiger partial charge in [0.05, 0.1) is 23.3 Å². The summed E-state index contributed by atoms with van der Waals surface area (Å²) in [4.78, 5) is 28.3. The van der Waals surface area contributed by atoms with E-state index < -0.39 is 0 Å². The van der Waals surface area contributed by atoms with E-state index >= 15 is 0 Å². The van der Waals surface area contributed by atoms with Gasteiger partial charge < -0.3 is 15.4 Å². The molecule has 9 heteroatoms. The molecular weight excluding hydrogens is 526 g/mol. The van der Waals surface area contributed by atoms with E-state index in [0.29, 0.717) is 34.3 Å². The third-order valence-electron chi connectivity index (χ3n) is 8.78. The van der Waals surface area contributed by atoms with Gasteiger partial charge >= 0.3 is 0 Å². The van der Waals surface area contributed by atoms with Crippen LogP contribution in [0, 0.1) is 11.3 Å². The van der Waals surface area contributed by atoms with Crippen LogP contribution in [0.2, 0.25) is 0 Å². The summed E-state index contributed by atoms with van der Waals surface area (Å²) in [6.07, 6.45) is 14.5. The monoisotopic (exact) mass is 565 g/mol. The minimum atomic E-state index is 0.134. The van der Waals surface area contributed by atoms with E-state index in [0.717, 1.165) is 56.6 Å². The molecule has 1 spiro atoms. The molecule has 1 saturated carbocycles. The van der Waals surface area contributed by atoms with Crippen LogP contribution < -0.4 is 10.5 Å². The first-order valence-electron chi connectivity index (χ1n) is 15.1. The van der Waals surface area contributed by atoms with Gasteiger partial charge in [-0.2, -0.15) is 5.10 Å². The van der Waals surface area contributed by atoms with E-state index in [2.05, 4.69) is 34.9 Å². The number of rotatable bonds is 10. The lowest BCUT2D eigenvalue weighted by Crippen LogP contribution is -2.42. The number of anilines is 1. The zero-order chi connectivity index (χ0) is 29.1. The van der Waals surface area contributed by atoms with Crippen LogP contribution in [0.15, 0.2) is 67.1 Å². The summed E-state index contributed by atoms with van der Waals surface area (Å²) < 4.78 is 7.90. The number of likely N-dealkylation sites (tertiary alicyclic amines) is 1. The summed E-state index contributed by atoms with van der Waals surface area (Å²) >= 11 is 0. The molecule has 1 amide bonds. The largest absolute Gasteiger partial charge is 0.456 e. The Kier molecular flexibility index (Phi) is 7.91. The fourth-order valence-electron chi connectivity index (χ4n) is 6.51. The van der Waals surface area contributed by atoms with Gasteiger partial charge in [0, 0.05) is 13.1 Å². The van der Waals surface area contributed by atoms with E-state index in [1.165, 1.54) is 19.2 Å². The molecule has 4 aromatic rings. The molecule has 9 nitrogen and oxygen atoms in total. The topological polar surface area (TPSA) is 112 Å². The summed E-state index contributed by atoms with van der Waals surface area (Å²) in [7, 11) is 0. The van der Waals surface area contributed by atoms with Crippen molar-refractivity contribution >= 4 is 22.8 Å². The Morgan fingerprint density at radius 2 is 1.95 bits per heavy atom. The van der Waals surface area contributed by atoms with E-state index in [1.807, 2.05) is 52.0 Å². The van der Waals surface area contributed by atoms with Crippen molar-refractivity contribution in [3.05, 3.63) is 67.1 Å². The molecular formula is C33H39N7O2. The Balaban J connectivity index is 1.13. The molecule has 2 aliphatic rings. The number of benzene rings is 1. The number of amides is 1. The standard InChI is InChI=1S/C33H39N7O2/c1-3-9-23(2)10-7-8-13-28(41)39-17-16-33(21-39)18-24(19-33)40-32-29(31(34)36-22-37-32)30(38-40)27-15-14-26(20-35-27)42-25-11-5-4-6-12-25/h4-6,8,11-15,20,22-24H,3,7,9-10,16-19,21H2,1-2H3,(H2,34,36,37)/b13-8+/t23-,24?,33?/m0/s1. The van der Waals surface area contributed by atoms with E-state index in [1.54, 1.807) is 12.3 Å². The van der Waals surface area contributed by atoms with Gasteiger partial charge in [0.1, 0.15) is 29.3 Å². The molecule has 1 saturated heterocycles. The number of nitrogen functional groups attached to an aromatic ring is 1. The van der Waals surface area contributed by atoms with Crippen LogP contribution in [-0.2, 0) is 4.79 Å². The van der Waals surface area contributed by atoms with Crippen molar-refractivity contribution in [2.75, 3.05) is 18.8 Å². The van der Waals surface area contributed by atoms with Gasteiger partial charge in [-0.05, 0) is 73.8 Å². The summed E-state index contributed by atoms with van der Waals surface area (Å²) in [5, 5.41) is 5.69. The Labute approximate surface area is 246 Å². The third-order valence-corrected chi connectivity index (χ3v) is 8.78. The zero-order valence-corrected chi connectivity index (χ0v) is 24.4. The second-order valence-corrected chi connectivity index (χ2v) is 12.0. The molecule has 0 radical (unpaired) electrons. The molecule has 1 atom stereocenters. The van der Waals surface area contributed by atoms with E-state index in [9.17, 15) is 4.79 Å². The quantitative estimate of drug-likeness (QED) is 0.216. The van der Waals surface area contributed by atoms with Crippen LogP contribution >= 0.6 is 0 Å². The average molecular weight is 566 g/mol. The summed E-state index contributed by atoms with van der Waals surface area (Å²) in [6, 6.07) is 13.6. The van der Waals surface area contributed by atoms with Crippen molar-refractivity contribution < 1.29 is 9.53 Å². The van der Waals surface area contributed by atoms with Gasteiger partial charge in [-0.15, -0.1) is 0 Å². The fourth-order valence-corrected chi connectivity index (χ4v) is 6.51. The van der Waals surface area contributed by atoms with Crippen molar-refractivity contribution in [2.24, 2.45) is 11.3 Å². The van der Waals surface area contributed by atoms with Gasteiger partial charge in [-0.1, -0.05) is 51.0 Å². The molecule has 1 aliphatic carbocycles. The first-order chi connectivity index (χ1) is 20.4. The summed E-state index contributed by atoms with van der Waals surface area (Å²) in [5.41, 5.74) is 8.54. The van der Waals surface area contributed by atoms with Crippen molar-refractivity contribution in [2.45, 2.75) is 64.8 Å². The van der Waals surface area contributed by atoms with Gasteiger partial charge in [0.2, 0.25) is 5.91 Å². The summed E-state index contributed by atoms with van der Waals surface area (Å²) in [5.74, 6) is 2.62. The lowest BCUT2D eigenvalue weighted by molar-refractivity contribution is -0.125. The predicted molar refractivity (Wildman–Crippen MR) is 164 cm³/mol. The normalized spacial score (nSPS) is 20.8. The first-order valence-corrected chi connectivity index (χ1v) is 15.1. The number of aromatic nitrogens is 5. The molecule has 0 bridgehead atoms. The average Bonchev–Trinajstić information content (AvgIpc) is 3.60. The number of nitrogens with two attached hydrogens (primary N) is 1. The molecule has 4 heterocycles. The van der Waals surface area contributed by atoms with Crippen LogP contribution in [0.3, 0.4) is 0 Å². The van der Waals surface area contributed by atoms with Gasteiger partial charge in [0.15, 0.2) is 5.65 Å². The van der Waals surface area contributed by atoms with Crippen molar-refractivity contribution in [1.82, 2.24) is 29.6 Å². The van der Waals surface area contributed by atoms with Crippen LogP contribution in [-0.4, -0.2) is 48.6 Å². The molecule has 2 fully saturated rings. The highest BCUT2D eigenvalue weighted by Crippen LogP contribution is 2.54. The van der Waals surface area contributed by atoms with Crippen molar-refractivity contribution in [3.63, 3.8) is 0 Å². The molecule has 3 aromatic heterocycles. The smallest absolute Gasteiger partial charge is 0.246 e. The molecule has 1 aromatic carbocycles. The van der Waals surface area contributed by atoms with Crippen LogP contribution in [0.1, 0.15) is 64.8 Å². The van der Waals surface area contributed by atoms with Gasteiger partial charge in [-0.3, -0.25) is 9.78 Å². The molecule has 218 valence electrons. The molecule has 42 heavy (non-hydrogen) atoms. The number of ether oxygens (including phenoxy) is 1. The van der Waals surface area contributed by atoms with E-state index in [4.69, 9.17) is 15.6 Å². The Hall–Kier alpha value is -4.27. The van der Waals surface area contributed by atoms with Gasteiger partial charge in [0.25, 0.3) is 0 Å². The first kappa shape index (κ1) is 27.9. The highest BCUT2D eigenvalue weighted by molar-refractivity contribution is 5.97. The molecule has 1 aliphatic heterocycles. The Morgan fingerprint density at radius 1 is 1.12 bits per heavy atom. The minimum Gasteiger partial charge on any atom is -0.456 e. The Bertz CT molecular complexity index is 1560. The zero-order valence-electron chi connectivity index (χ0n) is 24.4. The number of fused-ring (bicyclic) bond motifs is 1. The highest BCUT2D eigenvalue weighted by Gasteiger charge is 2.50. The number of nitrogens with zero attached hydrogens (tertiary/aromatic N) is 6. The lowest BCUT2D eigenvalue weighted by atomic mass is 9.65. The second-order valence-electron chi connectivity index (χ2n) is 12.0. The SMILES string of the molecule is CCC[C@H](C)CC/C=C/C(=O)N1CCC2(CC(n3nc(-c4ccc(Oc5ccccc5)cn4)c4c(N)ncnc43)C2)C1. The maximum Gasteiger partial charge on any atom is 0.246 e. The number of para-hydroxylation sites is 1. The summed E-state index contributed by atoms with van der Waals surface area (Å²) in [6.45, 7) is 6.12. The highest BCUT2D eigenvalue weighted by atomic mass is 16.5. The van der Waals surface area contributed by atoms with Crippen molar-refractivity contribution in [1.29, 1.82) is 0 Å². The predicted octanol–water partition coefficient (Wildman–Crippen LogP) is 6.59. The van der Waals surface area contributed by atoms with Crippen LogP contribution in [0.25, 0.3) is 22.4 Å². The molecule has 0 unspecified atom stereocenters.